The van der Waals surface area contributed by atoms with E-state index >= 15 is 0 Å². The number of rotatable bonds is 9. The van der Waals surface area contributed by atoms with Crippen LogP contribution in [0.25, 0.3) is 11.1 Å². The van der Waals surface area contributed by atoms with Gasteiger partial charge in [-0.15, -0.1) is 0 Å². The summed E-state index contributed by atoms with van der Waals surface area (Å²) < 4.78 is 41.3. The van der Waals surface area contributed by atoms with Crippen molar-refractivity contribution >= 4 is 39.0 Å². The molecule has 33 heavy (non-hydrogen) atoms. The second kappa shape index (κ2) is 9.74. The molecule has 172 valence electrons. The van der Waals surface area contributed by atoms with Crippen LogP contribution in [0.3, 0.4) is 0 Å². The Hall–Kier alpha value is -3.21. The van der Waals surface area contributed by atoms with Gasteiger partial charge in [0.1, 0.15) is 5.75 Å². The van der Waals surface area contributed by atoms with Crippen LogP contribution >= 0.6 is 12.2 Å². The minimum atomic E-state index is -3.81. The maximum atomic E-state index is 13.0. The Bertz CT molecular complexity index is 1400. The molecule has 2 aromatic heterocycles. The van der Waals surface area contributed by atoms with Gasteiger partial charge in [-0.2, -0.15) is 0 Å². The Labute approximate surface area is 197 Å². The lowest BCUT2D eigenvalue weighted by Gasteiger charge is -2.21. The van der Waals surface area contributed by atoms with Crippen molar-refractivity contribution in [1.29, 1.82) is 0 Å². The van der Waals surface area contributed by atoms with Crippen LogP contribution in [0.2, 0.25) is 0 Å². The van der Waals surface area contributed by atoms with Crippen LogP contribution in [0.4, 0.5) is 5.69 Å². The van der Waals surface area contributed by atoms with Crippen LogP contribution in [0.15, 0.2) is 76.3 Å². The van der Waals surface area contributed by atoms with Gasteiger partial charge in [0.25, 0.3) is 14.9 Å². The van der Waals surface area contributed by atoms with Gasteiger partial charge in [0, 0.05) is 24.6 Å². The summed E-state index contributed by atoms with van der Waals surface area (Å²) in [6.45, 7) is 3.99. The van der Waals surface area contributed by atoms with Gasteiger partial charge in [-0.3, -0.25) is 19.2 Å². The number of aromatic nitrogens is 2. The van der Waals surface area contributed by atoms with Crippen LogP contribution < -0.4 is 9.46 Å². The molecule has 2 aromatic carbocycles. The molecule has 4 rings (SSSR count). The number of hydrogen-bond donors (Lipinski definition) is 1. The van der Waals surface area contributed by atoms with E-state index in [0.29, 0.717) is 35.8 Å². The normalized spacial score (nSPS) is 11.7. The van der Waals surface area contributed by atoms with Gasteiger partial charge in [0.05, 0.1) is 24.2 Å². The van der Waals surface area contributed by atoms with Crippen molar-refractivity contribution in [3.05, 3.63) is 77.4 Å². The highest BCUT2D eigenvalue weighted by Crippen LogP contribution is 2.25. The highest BCUT2D eigenvalue weighted by atomic mass is 32.2. The number of benzene rings is 2. The zero-order valence-corrected chi connectivity index (χ0v) is 19.9. The highest BCUT2D eigenvalue weighted by Gasteiger charge is 2.18. The molecule has 0 aliphatic rings. The molecule has 0 aliphatic carbocycles. The number of nitrogens with one attached hydrogen (secondary N) is 1. The van der Waals surface area contributed by atoms with Gasteiger partial charge in [-0.25, -0.2) is 8.42 Å². The van der Waals surface area contributed by atoms with E-state index < -0.39 is 10.0 Å². The fraction of sp³-hybridized carbons (Fsp3) is 0.217. The quantitative estimate of drug-likeness (QED) is 0.346. The van der Waals surface area contributed by atoms with Crippen molar-refractivity contribution in [2.45, 2.75) is 25.0 Å². The SMILES string of the molecule is CCN(Cc1ccncc1)Cn1c(=S)oc2ccc(S(=O)(=O)Nc3ccc(OC)cc3)cc21. The van der Waals surface area contributed by atoms with Gasteiger partial charge < -0.3 is 9.15 Å². The molecule has 4 aromatic rings. The van der Waals surface area contributed by atoms with Crippen LogP contribution in [0, 0.1) is 4.84 Å². The maximum absolute atomic E-state index is 13.0. The van der Waals surface area contributed by atoms with Crippen molar-refractivity contribution in [1.82, 2.24) is 14.5 Å². The molecule has 0 amide bonds. The summed E-state index contributed by atoms with van der Waals surface area (Å²) in [7, 11) is -2.26. The molecule has 0 spiro atoms. The Morgan fingerprint density at radius 3 is 2.52 bits per heavy atom. The molecule has 0 bridgehead atoms. The van der Waals surface area contributed by atoms with Crippen LogP contribution in [-0.4, -0.2) is 36.5 Å². The maximum Gasteiger partial charge on any atom is 0.270 e. The Kier molecular flexibility index (Phi) is 6.77. The number of anilines is 1. The molecule has 0 radical (unpaired) electrons. The molecule has 1 N–H and O–H groups in total. The van der Waals surface area contributed by atoms with Crippen molar-refractivity contribution < 1.29 is 17.6 Å². The number of hydrogen-bond acceptors (Lipinski definition) is 7. The first-order valence-corrected chi connectivity index (χ1v) is 12.2. The number of fused-ring (bicyclic) bond motifs is 1. The first-order chi connectivity index (χ1) is 15.9. The number of methoxy groups -OCH3 is 1. The number of sulfonamides is 1. The third-order valence-corrected chi connectivity index (χ3v) is 6.92. The molecular formula is C23H24N4O4S2. The van der Waals surface area contributed by atoms with Gasteiger partial charge in [-0.05, 0) is 78.9 Å². The average Bonchev–Trinajstić information content (AvgIpc) is 3.13. The van der Waals surface area contributed by atoms with Gasteiger partial charge in [0.2, 0.25) is 0 Å². The molecule has 0 saturated heterocycles. The fourth-order valence-corrected chi connectivity index (χ4v) is 4.75. The lowest BCUT2D eigenvalue weighted by Crippen LogP contribution is -2.26. The number of pyridine rings is 1. The minimum Gasteiger partial charge on any atom is -0.497 e. The van der Waals surface area contributed by atoms with E-state index in [1.165, 1.54) is 6.07 Å². The molecule has 0 atom stereocenters. The third-order valence-electron chi connectivity index (χ3n) is 5.24. The second-order valence-corrected chi connectivity index (χ2v) is 9.43. The standard InChI is InChI=1S/C23H24N4O4S2/c1-3-26(15-17-10-12-24-13-11-17)16-27-21-14-20(8-9-22(21)31-23(27)32)33(28,29)25-18-4-6-19(30-2)7-5-18/h4-14,25H,3,15-16H2,1-2H3. The smallest absolute Gasteiger partial charge is 0.270 e. The van der Waals surface area contributed by atoms with Crippen LogP contribution in [0.1, 0.15) is 12.5 Å². The zero-order valence-electron chi connectivity index (χ0n) is 18.3. The van der Waals surface area contributed by atoms with Crippen molar-refractivity contribution in [2.24, 2.45) is 0 Å². The molecule has 0 saturated carbocycles. The number of nitrogens with zero attached hydrogens (tertiary/aromatic N) is 3. The van der Waals surface area contributed by atoms with E-state index in [-0.39, 0.29) is 9.73 Å². The van der Waals surface area contributed by atoms with Crippen molar-refractivity contribution in [2.75, 3.05) is 18.4 Å². The topological polar surface area (TPSA) is 89.6 Å². The number of ether oxygens (including phenoxy) is 1. The lowest BCUT2D eigenvalue weighted by molar-refractivity contribution is 0.219. The predicted octanol–water partition coefficient (Wildman–Crippen LogP) is 4.65. The monoisotopic (exact) mass is 484 g/mol. The Balaban J connectivity index is 1.62. The van der Waals surface area contributed by atoms with E-state index in [1.54, 1.807) is 55.9 Å². The van der Waals surface area contributed by atoms with E-state index in [0.717, 1.165) is 12.1 Å². The summed E-state index contributed by atoms with van der Waals surface area (Å²) in [5.74, 6) is 0.643. The first-order valence-electron chi connectivity index (χ1n) is 10.3. The summed E-state index contributed by atoms with van der Waals surface area (Å²) in [5.41, 5.74) is 2.71. The average molecular weight is 485 g/mol. The molecular weight excluding hydrogens is 460 g/mol. The largest absolute Gasteiger partial charge is 0.497 e. The van der Waals surface area contributed by atoms with Gasteiger partial charge in [-0.1, -0.05) is 6.92 Å². The van der Waals surface area contributed by atoms with Crippen LogP contribution in [0.5, 0.6) is 5.75 Å². The molecule has 0 fully saturated rings. The molecule has 8 nitrogen and oxygen atoms in total. The Morgan fingerprint density at radius 1 is 1.12 bits per heavy atom. The van der Waals surface area contributed by atoms with Crippen molar-refractivity contribution in [3.63, 3.8) is 0 Å². The Morgan fingerprint density at radius 2 is 1.85 bits per heavy atom. The predicted molar refractivity (Wildman–Crippen MR) is 129 cm³/mol. The molecule has 0 unspecified atom stereocenters. The zero-order chi connectivity index (χ0) is 23.4. The van der Waals surface area contributed by atoms with E-state index in [1.807, 2.05) is 16.7 Å². The molecule has 10 heteroatoms. The number of oxazole rings is 1. The van der Waals surface area contributed by atoms with Gasteiger partial charge in [0.15, 0.2) is 5.58 Å². The van der Waals surface area contributed by atoms with E-state index in [4.69, 9.17) is 21.4 Å². The summed E-state index contributed by atoms with van der Waals surface area (Å²) >= 11 is 5.43. The summed E-state index contributed by atoms with van der Waals surface area (Å²) in [5, 5.41) is 0. The summed E-state index contributed by atoms with van der Waals surface area (Å²) in [6, 6.07) is 15.3. The third kappa shape index (κ3) is 5.24. The second-order valence-electron chi connectivity index (χ2n) is 7.40. The van der Waals surface area contributed by atoms with Crippen molar-refractivity contribution in [3.8, 4) is 5.75 Å². The lowest BCUT2D eigenvalue weighted by atomic mass is 10.2. The fourth-order valence-electron chi connectivity index (χ4n) is 3.42. The minimum absolute atomic E-state index is 0.118. The summed E-state index contributed by atoms with van der Waals surface area (Å²) in [6.07, 6.45) is 3.52. The highest BCUT2D eigenvalue weighted by molar-refractivity contribution is 7.92. The van der Waals surface area contributed by atoms with E-state index in [9.17, 15) is 8.42 Å². The van der Waals surface area contributed by atoms with Crippen LogP contribution in [-0.2, 0) is 23.2 Å². The molecule has 0 aliphatic heterocycles. The first kappa shape index (κ1) is 23.0. The summed E-state index contributed by atoms with van der Waals surface area (Å²) in [4.78, 5) is 6.64. The van der Waals surface area contributed by atoms with E-state index in [2.05, 4.69) is 21.5 Å². The van der Waals surface area contributed by atoms with Gasteiger partial charge >= 0.3 is 0 Å². The molecule has 2 heterocycles.